The van der Waals surface area contributed by atoms with Crippen molar-refractivity contribution in [3.05, 3.63) is 313 Å². The number of benzene rings is 13. The molecule has 18 rings (SSSR count). The van der Waals surface area contributed by atoms with E-state index in [2.05, 4.69) is 337 Å². The van der Waals surface area contributed by atoms with Crippen molar-refractivity contribution in [2.24, 2.45) is 0 Å². The van der Waals surface area contributed by atoms with Crippen LogP contribution in [0.3, 0.4) is 0 Å². The fraction of sp³-hybridized carbons (Fsp3) is 0.0714. The van der Waals surface area contributed by atoms with E-state index in [9.17, 15) is 0 Å². The molecule has 0 spiro atoms. The number of aromatic nitrogens is 3. The molecule has 13 aromatic carbocycles. The first-order valence-electron chi connectivity index (χ1n) is 30.8. The van der Waals surface area contributed by atoms with Crippen molar-refractivity contribution in [2.75, 3.05) is 4.90 Å². The summed E-state index contributed by atoms with van der Waals surface area (Å²) in [6.07, 6.45) is 0. The summed E-state index contributed by atoms with van der Waals surface area (Å²) in [5.41, 5.74) is 28.8. The van der Waals surface area contributed by atoms with E-state index < -0.39 is 0 Å². The van der Waals surface area contributed by atoms with Crippen LogP contribution < -0.4 is 4.90 Å². The molecular weight excluding hydrogens is 1060 g/mol. The Morgan fingerprint density at radius 2 is 0.545 bits per heavy atom. The maximum absolute atomic E-state index is 2.49. The van der Waals surface area contributed by atoms with Crippen LogP contribution in [0.5, 0.6) is 0 Å². The molecule has 3 aromatic heterocycles. The highest BCUT2D eigenvalue weighted by molar-refractivity contribution is 6.12. The maximum Gasteiger partial charge on any atom is 0.0547 e. The highest BCUT2D eigenvalue weighted by atomic mass is 15.1. The highest BCUT2D eigenvalue weighted by Crippen LogP contribution is 2.55. The summed E-state index contributed by atoms with van der Waals surface area (Å²) in [5, 5.41) is 7.57. The molecule has 0 saturated heterocycles. The lowest BCUT2D eigenvalue weighted by Gasteiger charge is -2.30. The van der Waals surface area contributed by atoms with Crippen molar-refractivity contribution < 1.29 is 0 Å². The molecular formula is C84H60N4. The Labute approximate surface area is 511 Å². The van der Waals surface area contributed by atoms with Crippen LogP contribution in [0, 0.1) is 0 Å². The highest BCUT2D eigenvalue weighted by Gasteiger charge is 2.39. The van der Waals surface area contributed by atoms with E-state index in [1.165, 1.54) is 138 Å². The smallest absolute Gasteiger partial charge is 0.0547 e. The van der Waals surface area contributed by atoms with Crippen LogP contribution in [0.15, 0.2) is 291 Å². The quantitative estimate of drug-likeness (QED) is 0.148. The number of nitrogens with zero attached hydrogens (tertiary/aromatic N) is 4. The largest absolute Gasteiger partial charge is 0.310 e. The Balaban J connectivity index is 0.753. The van der Waals surface area contributed by atoms with Crippen molar-refractivity contribution in [3.63, 3.8) is 0 Å². The average molecular weight is 1130 g/mol. The van der Waals surface area contributed by atoms with Gasteiger partial charge in [0, 0.05) is 77.3 Å². The molecule has 0 unspecified atom stereocenters. The van der Waals surface area contributed by atoms with Crippen molar-refractivity contribution in [2.45, 2.75) is 38.5 Å². The Kier molecular flexibility index (Phi) is 10.8. The minimum absolute atomic E-state index is 0.284. The van der Waals surface area contributed by atoms with Crippen LogP contribution in [0.25, 0.3) is 127 Å². The molecule has 2 aliphatic carbocycles. The zero-order valence-electron chi connectivity index (χ0n) is 49.5. The summed E-state index contributed by atoms with van der Waals surface area (Å²) in [6, 6.07) is 109. The summed E-state index contributed by atoms with van der Waals surface area (Å²) in [5.74, 6) is 0. The second-order valence-corrected chi connectivity index (χ2v) is 25.3. The van der Waals surface area contributed by atoms with E-state index in [-0.39, 0.29) is 10.8 Å². The van der Waals surface area contributed by atoms with Gasteiger partial charge in [-0.25, -0.2) is 0 Å². The number of para-hydroxylation sites is 6. The summed E-state index contributed by atoms with van der Waals surface area (Å²) < 4.78 is 7.27. The number of rotatable bonds is 8. The SMILES string of the molecule is CC1(C)c2cc(-c3ccc4c5ccccc5n(-c5ccccc5)c4c3)ccc2-c2ccc(N(c3ccc(-c4ccc5c6ccccc6n(-c6ccccc6)c5c4)cc3)c3ccc4c(c3)C(C)(C)c3cc(-n5c6ccccc6c6ccccc65)ccc3-4)cc21. The molecule has 4 heteroatoms. The summed E-state index contributed by atoms with van der Waals surface area (Å²) in [7, 11) is 0. The Morgan fingerprint density at radius 3 is 1.01 bits per heavy atom. The summed E-state index contributed by atoms with van der Waals surface area (Å²) in [4.78, 5) is 2.49. The molecule has 2 aliphatic rings. The minimum Gasteiger partial charge on any atom is -0.310 e. The van der Waals surface area contributed by atoms with E-state index in [1.807, 2.05) is 0 Å². The molecule has 16 aromatic rings. The third kappa shape index (κ3) is 7.33. The molecule has 0 bridgehead atoms. The first-order chi connectivity index (χ1) is 43.2. The number of hydrogen-bond donors (Lipinski definition) is 0. The van der Waals surface area contributed by atoms with Gasteiger partial charge in [-0.3, -0.25) is 0 Å². The van der Waals surface area contributed by atoms with Gasteiger partial charge in [0.15, 0.2) is 0 Å². The molecule has 88 heavy (non-hydrogen) atoms. The monoisotopic (exact) mass is 1120 g/mol. The number of hydrogen-bond acceptors (Lipinski definition) is 1. The van der Waals surface area contributed by atoms with Gasteiger partial charge >= 0.3 is 0 Å². The average Bonchev–Trinajstić information content (AvgIpc) is 2.04. The van der Waals surface area contributed by atoms with Crippen LogP contribution >= 0.6 is 0 Å². The number of fused-ring (bicyclic) bond motifs is 15. The Hall–Kier alpha value is -10.9. The van der Waals surface area contributed by atoms with Crippen LogP contribution in [-0.2, 0) is 10.8 Å². The van der Waals surface area contributed by atoms with E-state index in [1.54, 1.807) is 0 Å². The van der Waals surface area contributed by atoms with Crippen LogP contribution in [0.4, 0.5) is 17.1 Å². The third-order valence-electron chi connectivity index (χ3n) is 19.8. The van der Waals surface area contributed by atoms with Gasteiger partial charge in [-0.15, -0.1) is 0 Å². The van der Waals surface area contributed by atoms with Gasteiger partial charge in [-0.05, 0) is 182 Å². The first kappa shape index (κ1) is 50.4. The molecule has 0 aliphatic heterocycles. The van der Waals surface area contributed by atoms with Crippen LogP contribution in [0.2, 0.25) is 0 Å². The van der Waals surface area contributed by atoms with Gasteiger partial charge in [0.25, 0.3) is 0 Å². The van der Waals surface area contributed by atoms with Gasteiger partial charge < -0.3 is 18.6 Å². The number of anilines is 3. The molecule has 416 valence electrons. The van der Waals surface area contributed by atoms with Crippen LogP contribution in [0.1, 0.15) is 49.9 Å². The third-order valence-corrected chi connectivity index (χ3v) is 19.8. The molecule has 0 radical (unpaired) electrons. The summed E-state index contributed by atoms with van der Waals surface area (Å²) >= 11 is 0. The lowest BCUT2D eigenvalue weighted by Crippen LogP contribution is -2.18. The molecule has 3 heterocycles. The second kappa shape index (κ2) is 18.8. The van der Waals surface area contributed by atoms with E-state index in [0.29, 0.717) is 0 Å². The zero-order chi connectivity index (χ0) is 58.6. The van der Waals surface area contributed by atoms with E-state index in [0.717, 1.165) is 28.4 Å². The van der Waals surface area contributed by atoms with Crippen molar-refractivity contribution in [1.82, 2.24) is 13.7 Å². The van der Waals surface area contributed by atoms with Gasteiger partial charge in [0.1, 0.15) is 0 Å². The fourth-order valence-electron chi connectivity index (χ4n) is 15.5. The molecule has 0 saturated carbocycles. The predicted octanol–water partition coefficient (Wildman–Crippen LogP) is 22.4. The minimum atomic E-state index is -0.286. The standard InChI is InChI=1S/C84H60N4/c1-83(2)73-47-54(56-35-43-72-70-26-14-16-28-78(70)87(82(72)49-56)58-21-9-6-10-22-58)33-41-63(73)64-44-38-60(50-74(64)83)85(59-36-31-53(32-37-59)55-34-42-71-69-25-13-15-27-77(69)86(81(71)48-55)57-19-7-5-8-20-57)61-39-45-65-66-46-40-62(52-76(66)84(3,4)75(65)51-61)88-79-29-17-11-23-67(79)68-24-12-18-30-80(68)88/h5-52H,1-4H3. The van der Waals surface area contributed by atoms with Gasteiger partial charge in [0.05, 0.1) is 33.1 Å². The first-order valence-corrected chi connectivity index (χ1v) is 30.8. The van der Waals surface area contributed by atoms with Gasteiger partial charge in [-0.1, -0.05) is 204 Å². The molecule has 0 N–H and O–H groups in total. The van der Waals surface area contributed by atoms with Gasteiger partial charge in [0.2, 0.25) is 0 Å². The van der Waals surface area contributed by atoms with Crippen LogP contribution in [-0.4, -0.2) is 13.7 Å². The molecule has 0 fully saturated rings. The lowest BCUT2D eigenvalue weighted by molar-refractivity contribution is 0.659. The predicted molar refractivity (Wildman–Crippen MR) is 370 cm³/mol. The second-order valence-electron chi connectivity index (χ2n) is 25.3. The topological polar surface area (TPSA) is 18.0 Å². The van der Waals surface area contributed by atoms with E-state index in [4.69, 9.17) is 0 Å². The molecule has 0 atom stereocenters. The Morgan fingerprint density at radius 1 is 0.227 bits per heavy atom. The Bertz CT molecular complexity index is 5500. The maximum atomic E-state index is 2.49. The van der Waals surface area contributed by atoms with E-state index >= 15 is 0 Å². The van der Waals surface area contributed by atoms with Crippen molar-refractivity contribution in [1.29, 1.82) is 0 Å². The lowest BCUT2D eigenvalue weighted by atomic mass is 9.81. The molecule has 4 nitrogen and oxygen atoms in total. The van der Waals surface area contributed by atoms with Crippen molar-refractivity contribution in [3.8, 4) is 61.6 Å². The molecule has 0 amide bonds. The fourth-order valence-corrected chi connectivity index (χ4v) is 15.5. The summed E-state index contributed by atoms with van der Waals surface area (Å²) in [6.45, 7) is 9.65. The zero-order valence-corrected chi connectivity index (χ0v) is 49.5. The van der Waals surface area contributed by atoms with Crippen molar-refractivity contribution >= 4 is 82.5 Å². The van der Waals surface area contributed by atoms with Gasteiger partial charge in [-0.2, -0.15) is 0 Å². The normalized spacial score (nSPS) is 13.6.